The van der Waals surface area contributed by atoms with Crippen molar-refractivity contribution in [2.24, 2.45) is 11.3 Å². The molecule has 0 saturated heterocycles. The van der Waals surface area contributed by atoms with Gasteiger partial charge in [0.1, 0.15) is 0 Å². The van der Waals surface area contributed by atoms with Gasteiger partial charge in [-0.2, -0.15) is 0 Å². The van der Waals surface area contributed by atoms with E-state index in [1.807, 2.05) is 0 Å². The van der Waals surface area contributed by atoms with Crippen molar-refractivity contribution in [2.45, 2.75) is 57.5 Å². The molecule has 0 heterocycles. The monoisotopic (exact) mass is 226 g/mol. The molecule has 1 spiro atoms. The van der Waals surface area contributed by atoms with Crippen molar-refractivity contribution in [2.75, 3.05) is 7.11 Å². The summed E-state index contributed by atoms with van der Waals surface area (Å²) in [6, 6.07) is 0. The van der Waals surface area contributed by atoms with E-state index in [1.54, 1.807) is 0 Å². The zero-order valence-electron chi connectivity index (χ0n) is 10.1. The maximum absolute atomic E-state index is 11.6. The number of esters is 1. The van der Waals surface area contributed by atoms with E-state index in [2.05, 4.69) is 0 Å². The molecule has 1 N–H and O–H groups in total. The summed E-state index contributed by atoms with van der Waals surface area (Å²) in [4.78, 5) is 11.6. The molecule has 2 atom stereocenters. The Kier molecular flexibility index (Phi) is 3.53. The third-order valence-corrected chi connectivity index (χ3v) is 4.55. The molecule has 3 heteroatoms. The van der Waals surface area contributed by atoms with E-state index in [-0.39, 0.29) is 17.3 Å². The third-order valence-electron chi connectivity index (χ3n) is 4.55. The molecule has 0 radical (unpaired) electrons. The SMILES string of the molecule is COC(=O)C1CCCC2(CCCCC2)C1O. The van der Waals surface area contributed by atoms with Crippen LogP contribution in [0.4, 0.5) is 0 Å². The van der Waals surface area contributed by atoms with Crippen molar-refractivity contribution < 1.29 is 14.6 Å². The topological polar surface area (TPSA) is 46.5 Å². The molecule has 0 bridgehead atoms. The van der Waals surface area contributed by atoms with Crippen LogP contribution in [0.1, 0.15) is 51.4 Å². The first-order valence-corrected chi connectivity index (χ1v) is 6.45. The van der Waals surface area contributed by atoms with Crippen LogP contribution in [-0.4, -0.2) is 24.3 Å². The Hall–Kier alpha value is -0.570. The number of rotatable bonds is 1. The summed E-state index contributed by atoms with van der Waals surface area (Å²) in [6.07, 6.45) is 8.29. The smallest absolute Gasteiger partial charge is 0.311 e. The number of aliphatic hydroxyl groups is 1. The van der Waals surface area contributed by atoms with E-state index in [4.69, 9.17) is 4.74 Å². The van der Waals surface area contributed by atoms with Crippen molar-refractivity contribution in [3.05, 3.63) is 0 Å². The minimum Gasteiger partial charge on any atom is -0.469 e. The maximum atomic E-state index is 11.6. The molecule has 0 aromatic rings. The Morgan fingerprint density at radius 3 is 2.44 bits per heavy atom. The van der Waals surface area contributed by atoms with Gasteiger partial charge in [-0.05, 0) is 31.1 Å². The first-order chi connectivity index (χ1) is 7.69. The number of carbonyl (C=O) groups is 1. The first kappa shape index (κ1) is 11.9. The third kappa shape index (κ3) is 1.97. The lowest BCUT2D eigenvalue weighted by Crippen LogP contribution is -2.47. The molecular weight excluding hydrogens is 204 g/mol. The number of carbonyl (C=O) groups excluding carboxylic acids is 1. The van der Waals surface area contributed by atoms with Gasteiger partial charge < -0.3 is 9.84 Å². The van der Waals surface area contributed by atoms with E-state index < -0.39 is 6.10 Å². The summed E-state index contributed by atoms with van der Waals surface area (Å²) in [6.45, 7) is 0. The quantitative estimate of drug-likeness (QED) is 0.698. The van der Waals surface area contributed by atoms with Crippen LogP contribution in [0, 0.1) is 11.3 Å². The van der Waals surface area contributed by atoms with Crippen LogP contribution in [0.2, 0.25) is 0 Å². The zero-order valence-corrected chi connectivity index (χ0v) is 10.1. The van der Waals surface area contributed by atoms with Gasteiger partial charge in [0.25, 0.3) is 0 Å². The molecule has 2 rings (SSSR count). The predicted octanol–water partition coefficient (Wildman–Crippen LogP) is 2.27. The van der Waals surface area contributed by atoms with Gasteiger partial charge in [0, 0.05) is 0 Å². The second-order valence-corrected chi connectivity index (χ2v) is 5.39. The molecule has 2 aliphatic carbocycles. The molecule has 92 valence electrons. The van der Waals surface area contributed by atoms with Gasteiger partial charge in [-0.1, -0.05) is 25.7 Å². The van der Waals surface area contributed by atoms with Crippen LogP contribution in [-0.2, 0) is 9.53 Å². The lowest BCUT2D eigenvalue weighted by molar-refractivity contribution is -0.159. The number of aliphatic hydroxyl groups excluding tert-OH is 1. The largest absolute Gasteiger partial charge is 0.469 e. The fourth-order valence-electron chi connectivity index (χ4n) is 3.61. The number of hydrogen-bond donors (Lipinski definition) is 1. The van der Waals surface area contributed by atoms with E-state index in [0.717, 1.165) is 32.1 Å². The lowest BCUT2D eigenvalue weighted by atomic mass is 9.60. The van der Waals surface area contributed by atoms with Crippen molar-refractivity contribution in [1.82, 2.24) is 0 Å². The second kappa shape index (κ2) is 4.74. The van der Waals surface area contributed by atoms with Crippen LogP contribution in [0.25, 0.3) is 0 Å². The molecule has 16 heavy (non-hydrogen) atoms. The highest BCUT2D eigenvalue weighted by Crippen LogP contribution is 2.49. The fourth-order valence-corrected chi connectivity index (χ4v) is 3.61. The highest BCUT2D eigenvalue weighted by molar-refractivity contribution is 5.73. The van der Waals surface area contributed by atoms with Gasteiger partial charge in [-0.3, -0.25) is 4.79 Å². The number of hydrogen-bond acceptors (Lipinski definition) is 3. The summed E-state index contributed by atoms with van der Waals surface area (Å²) >= 11 is 0. The maximum Gasteiger partial charge on any atom is 0.311 e. The summed E-state index contributed by atoms with van der Waals surface area (Å²) in [5.74, 6) is -0.506. The Morgan fingerprint density at radius 1 is 1.19 bits per heavy atom. The normalized spacial score (nSPS) is 33.6. The van der Waals surface area contributed by atoms with Gasteiger partial charge in [-0.15, -0.1) is 0 Å². The van der Waals surface area contributed by atoms with Crippen molar-refractivity contribution in [3.63, 3.8) is 0 Å². The molecule has 3 nitrogen and oxygen atoms in total. The number of methoxy groups -OCH3 is 1. The standard InChI is InChI=1S/C13H22O3/c1-16-12(15)10-6-5-9-13(11(10)14)7-3-2-4-8-13/h10-11,14H,2-9H2,1H3. The average molecular weight is 226 g/mol. The van der Waals surface area contributed by atoms with Gasteiger partial charge in [0.15, 0.2) is 0 Å². The van der Waals surface area contributed by atoms with Gasteiger partial charge in [0.2, 0.25) is 0 Å². The highest BCUT2D eigenvalue weighted by atomic mass is 16.5. The van der Waals surface area contributed by atoms with Crippen LogP contribution in [0.5, 0.6) is 0 Å². The Labute approximate surface area is 97.2 Å². The van der Waals surface area contributed by atoms with Crippen LogP contribution >= 0.6 is 0 Å². The van der Waals surface area contributed by atoms with Gasteiger partial charge >= 0.3 is 5.97 Å². The van der Waals surface area contributed by atoms with Gasteiger partial charge in [0.05, 0.1) is 19.1 Å². The lowest BCUT2D eigenvalue weighted by Gasteiger charge is -2.47. The van der Waals surface area contributed by atoms with E-state index in [0.29, 0.717) is 0 Å². The molecule has 2 fully saturated rings. The molecule has 0 amide bonds. The summed E-state index contributed by atoms with van der Waals surface area (Å²) in [7, 11) is 1.41. The zero-order chi connectivity index (χ0) is 11.6. The van der Waals surface area contributed by atoms with Crippen molar-refractivity contribution >= 4 is 5.97 Å². The van der Waals surface area contributed by atoms with Crippen molar-refractivity contribution in [3.8, 4) is 0 Å². The molecule has 2 saturated carbocycles. The van der Waals surface area contributed by atoms with Gasteiger partial charge in [-0.25, -0.2) is 0 Å². The van der Waals surface area contributed by atoms with E-state index in [9.17, 15) is 9.90 Å². The van der Waals surface area contributed by atoms with Crippen LogP contribution in [0.3, 0.4) is 0 Å². The Balaban J connectivity index is 2.11. The second-order valence-electron chi connectivity index (χ2n) is 5.39. The first-order valence-electron chi connectivity index (χ1n) is 6.45. The highest BCUT2D eigenvalue weighted by Gasteiger charge is 2.47. The van der Waals surface area contributed by atoms with E-state index in [1.165, 1.54) is 26.4 Å². The molecule has 2 unspecified atom stereocenters. The molecule has 0 aliphatic heterocycles. The van der Waals surface area contributed by atoms with Crippen LogP contribution < -0.4 is 0 Å². The summed E-state index contributed by atoms with van der Waals surface area (Å²) < 4.78 is 4.80. The minimum absolute atomic E-state index is 0.0232. The minimum atomic E-state index is -0.478. The van der Waals surface area contributed by atoms with E-state index >= 15 is 0 Å². The summed E-state index contributed by atoms with van der Waals surface area (Å²) in [5, 5.41) is 10.4. The molecular formula is C13H22O3. The molecule has 0 aromatic carbocycles. The molecule has 2 aliphatic rings. The van der Waals surface area contributed by atoms with Crippen LogP contribution in [0.15, 0.2) is 0 Å². The fraction of sp³-hybridized carbons (Fsp3) is 0.923. The molecule has 0 aromatic heterocycles. The van der Waals surface area contributed by atoms with Crippen molar-refractivity contribution in [1.29, 1.82) is 0 Å². The average Bonchev–Trinajstić information content (AvgIpc) is 2.33. The Morgan fingerprint density at radius 2 is 1.81 bits per heavy atom. The number of ether oxygens (including phenoxy) is 1. The predicted molar refractivity (Wildman–Crippen MR) is 60.9 cm³/mol. The Bertz CT molecular complexity index is 250. The summed E-state index contributed by atoms with van der Waals surface area (Å²) in [5.41, 5.74) is 0.0232.